The van der Waals surface area contributed by atoms with Gasteiger partial charge in [0.25, 0.3) is 5.91 Å². The molecule has 0 spiro atoms. The first kappa shape index (κ1) is 30.8. The standard InChI is InChI=1S/C33H45N3O4/c1-24(14-10-8-7-9-11-17-31(37)35(5)23-33(2,3)4)22-40-30-21-27(34)26(20-29(30)39-6)32(38)36-19-18-25-15-12-13-16-28(25)36/h10,12-16,20-21H,1,7-9,11,17-19,22-23,34H2,2-6H3. The number of nitrogen functional groups attached to an aromatic ring is 1. The zero-order chi connectivity index (χ0) is 29.3. The van der Waals surface area contributed by atoms with E-state index in [0.29, 0.717) is 35.7 Å². The molecule has 0 aliphatic carbocycles. The number of carbonyl (C=O) groups excluding carboxylic acids is 2. The van der Waals surface area contributed by atoms with Gasteiger partial charge < -0.3 is 25.0 Å². The second-order valence-electron chi connectivity index (χ2n) is 11.7. The quantitative estimate of drug-likeness (QED) is 0.178. The molecule has 0 radical (unpaired) electrons. The fourth-order valence-electron chi connectivity index (χ4n) is 4.90. The largest absolute Gasteiger partial charge is 0.493 e. The number of amides is 2. The van der Waals surface area contributed by atoms with E-state index in [2.05, 4.69) is 33.4 Å². The number of anilines is 2. The van der Waals surface area contributed by atoms with E-state index in [4.69, 9.17) is 15.2 Å². The number of nitrogens with two attached hydrogens (primary N) is 1. The Morgan fingerprint density at radius 2 is 1.88 bits per heavy atom. The molecule has 7 heteroatoms. The van der Waals surface area contributed by atoms with Crippen LogP contribution >= 0.6 is 0 Å². The Bertz CT molecular complexity index is 1230. The lowest BCUT2D eigenvalue weighted by atomic mass is 9.96. The summed E-state index contributed by atoms with van der Waals surface area (Å²) in [4.78, 5) is 29.2. The molecule has 0 saturated heterocycles. The zero-order valence-electron chi connectivity index (χ0n) is 24.8. The summed E-state index contributed by atoms with van der Waals surface area (Å²) in [6.07, 6.45) is 9.30. The lowest BCUT2D eigenvalue weighted by Gasteiger charge is -2.26. The molecule has 2 aromatic rings. The van der Waals surface area contributed by atoms with Crippen LogP contribution in [-0.4, -0.2) is 50.6 Å². The van der Waals surface area contributed by atoms with Gasteiger partial charge >= 0.3 is 0 Å². The number of benzene rings is 2. The number of allylic oxidation sites excluding steroid dienone is 1. The molecule has 0 aromatic heterocycles. The number of fused-ring (bicyclic) bond motifs is 1. The van der Waals surface area contributed by atoms with E-state index in [-0.39, 0.29) is 23.8 Å². The maximum atomic E-state index is 13.3. The van der Waals surface area contributed by atoms with E-state index in [1.54, 1.807) is 24.1 Å². The summed E-state index contributed by atoms with van der Waals surface area (Å²) in [6.45, 7) is 12.2. The van der Waals surface area contributed by atoms with Gasteiger partial charge in [-0.15, -0.1) is 0 Å². The highest BCUT2D eigenvalue weighted by Crippen LogP contribution is 2.35. The monoisotopic (exact) mass is 547 g/mol. The van der Waals surface area contributed by atoms with Crippen molar-refractivity contribution in [1.82, 2.24) is 4.90 Å². The van der Waals surface area contributed by atoms with E-state index in [9.17, 15) is 9.59 Å². The van der Waals surface area contributed by atoms with Crippen molar-refractivity contribution in [2.45, 2.75) is 59.3 Å². The average molecular weight is 548 g/mol. The maximum Gasteiger partial charge on any atom is 0.260 e. The Balaban J connectivity index is 1.44. The molecule has 216 valence electrons. The van der Waals surface area contributed by atoms with Crippen LogP contribution in [0, 0.1) is 5.41 Å². The fraction of sp³-hybridized carbons (Fsp3) is 0.455. The van der Waals surface area contributed by atoms with Gasteiger partial charge in [-0.25, -0.2) is 0 Å². The molecule has 7 nitrogen and oxygen atoms in total. The van der Waals surface area contributed by atoms with Gasteiger partial charge in [0.1, 0.15) is 6.61 Å². The topological polar surface area (TPSA) is 85.1 Å². The first-order chi connectivity index (χ1) is 19.0. The highest BCUT2D eigenvalue weighted by Gasteiger charge is 2.27. The number of nitrogens with zero attached hydrogens (tertiary/aromatic N) is 2. The van der Waals surface area contributed by atoms with Crippen LogP contribution in [0.1, 0.15) is 68.8 Å². The highest BCUT2D eigenvalue weighted by atomic mass is 16.5. The summed E-state index contributed by atoms with van der Waals surface area (Å²) < 4.78 is 11.5. The molecule has 40 heavy (non-hydrogen) atoms. The van der Waals surface area contributed by atoms with Gasteiger partial charge in [-0.3, -0.25) is 9.59 Å². The van der Waals surface area contributed by atoms with Crippen molar-refractivity contribution in [3.63, 3.8) is 0 Å². The number of carbonyl (C=O) groups is 2. The van der Waals surface area contributed by atoms with Crippen molar-refractivity contribution >= 4 is 23.2 Å². The highest BCUT2D eigenvalue weighted by molar-refractivity contribution is 6.10. The van der Waals surface area contributed by atoms with Crippen molar-refractivity contribution in [2.24, 2.45) is 5.41 Å². The molecule has 2 amide bonds. The number of rotatable bonds is 13. The molecule has 0 unspecified atom stereocenters. The molecule has 2 aromatic carbocycles. The van der Waals surface area contributed by atoms with Gasteiger partial charge in [0, 0.05) is 44.0 Å². The number of unbranched alkanes of at least 4 members (excludes halogenated alkanes) is 3. The van der Waals surface area contributed by atoms with Crippen LogP contribution in [0.3, 0.4) is 0 Å². The number of para-hydroxylation sites is 1. The van der Waals surface area contributed by atoms with E-state index >= 15 is 0 Å². The molecule has 1 aliphatic heterocycles. The van der Waals surface area contributed by atoms with Crippen LogP contribution in [0.15, 0.2) is 60.7 Å². The molecule has 1 heterocycles. The van der Waals surface area contributed by atoms with Crippen molar-refractivity contribution in [1.29, 1.82) is 0 Å². The van der Waals surface area contributed by atoms with Gasteiger partial charge in [-0.2, -0.15) is 0 Å². The SMILES string of the molecule is C=C(C=CCCCCCC(=O)N(C)CC(C)(C)C)COc1cc(N)c(C(=O)N2CCc3ccccc32)cc1OC. The number of ether oxygens (including phenoxy) is 2. The van der Waals surface area contributed by atoms with E-state index < -0.39 is 0 Å². The molecule has 0 saturated carbocycles. The molecular weight excluding hydrogens is 502 g/mol. The third-order valence-electron chi connectivity index (χ3n) is 6.86. The van der Waals surface area contributed by atoms with Crippen LogP contribution in [0.5, 0.6) is 11.5 Å². The summed E-state index contributed by atoms with van der Waals surface area (Å²) >= 11 is 0. The predicted octanol–water partition coefficient (Wildman–Crippen LogP) is 6.43. The maximum absolute atomic E-state index is 13.3. The molecule has 0 bridgehead atoms. The number of hydrogen-bond donors (Lipinski definition) is 1. The minimum absolute atomic E-state index is 0.114. The molecule has 0 atom stereocenters. The Morgan fingerprint density at radius 1 is 1.12 bits per heavy atom. The van der Waals surface area contributed by atoms with E-state index in [1.807, 2.05) is 42.3 Å². The Hall–Kier alpha value is -3.74. The molecule has 0 fully saturated rings. The average Bonchev–Trinajstić information content (AvgIpc) is 3.34. The van der Waals surface area contributed by atoms with Crippen LogP contribution in [0.4, 0.5) is 11.4 Å². The minimum atomic E-state index is -0.152. The van der Waals surface area contributed by atoms with Gasteiger partial charge in [0.2, 0.25) is 5.91 Å². The van der Waals surface area contributed by atoms with Crippen molar-refractivity contribution in [2.75, 3.05) is 44.5 Å². The normalized spacial score (nSPS) is 12.9. The van der Waals surface area contributed by atoms with Gasteiger partial charge in [0.05, 0.1) is 12.7 Å². The first-order valence-corrected chi connectivity index (χ1v) is 14.1. The Labute approximate surface area is 239 Å². The summed E-state index contributed by atoms with van der Waals surface area (Å²) in [5, 5.41) is 0. The molecule has 3 rings (SSSR count). The summed E-state index contributed by atoms with van der Waals surface area (Å²) in [6, 6.07) is 11.2. The summed E-state index contributed by atoms with van der Waals surface area (Å²) in [5.41, 5.74) is 10.0. The molecule has 1 aliphatic rings. The Kier molecular flexibility index (Phi) is 10.8. The lowest BCUT2D eigenvalue weighted by molar-refractivity contribution is -0.131. The van der Waals surface area contributed by atoms with Crippen LogP contribution in [0.25, 0.3) is 0 Å². The predicted molar refractivity (Wildman–Crippen MR) is 163 cm³/mol. The van der Waals surface area contributed by atoms with Crippen LogP contribution in [-0.2, 0) is 11.2 Å². The van der Waals surface area contributed by atoms with Crippen molar-refractivity contribution in [3.05, 3.63) is 71.8 Å². The minimum Gasteiger partial charge on any atom is -0.493 e. The zero-order valence-corrected chi connectivity index (χ0v) is 24.8. The lowest BCUT2D eigenvalue weighted by Crippen LogP contribution is -2.34. The van der Waals surface area contributed by atoms with E-state index in [1.165, 1.54) is 0 Å². The van der Waals surface area contributed by atoms with Gasteiger partial charge in [0.15, 0.2) is 11.5 Å². The summed E-state index contributed by atoms with van der Waals surface area (Å²) in [5.74, 6) is 0.977. The first-order valence-electron chi connectivity index (χ1n) is 14.1. The van der Waals surface area contributed by atoms with Crippen molar-refractivity contribution in [3.8, 4) is 11.5 Å². The third kappa shape index (κ3) is 8.63. The van der Waals surface area contributed by atoms with Crippen molar-refractivity contribution < 1.29 is 19.1 Å². The van der Waals surface area contributed by atoms with Crippen LogP contribution < -0.4 is 20.1 Å². The fourth-order valence-corrected chi connectivity index (χ4v) is 4.90. The summed E-state index contributed by atoms with van der Waals surface area (Å²) in [7, 11) is 3.43. The van der Waals surface area contributed by atoms with E-state index in [0.717, 1.165) is 55.5 Å². The third-order valence-corrected chi connectivity index (χ3v) is 6.86. The smallest absolute Gasteiger partial charge is 0.260 e. The number of methoxy groups -OCH3 is 1. The second-order valence-corrected chi connectivity index (χ2v) is 11.7. The Morgan fingerprint density at radius 3 is 2.60 bits per heavy atom. The molecular formula is C33H45N3O4. The second kappa shape index (κ2) is 14.1. The van der Waals surface area contributed by atoms with Gasteiger partial charge in [-0.05, 0) is 54.4 Å². The molecule has 2 N–H and O–H groups in total. The van der Waals surface area contributed by atoms with Gasteiger partial charge in [-0.1, -0.05) is 64.1 Å². The number of hydrogen-bond acceptors (Lipinski definition) is 5. The van der Waals surface area contributed by atoms with Crippen LogP contribution in [0.2, 0.25) is 0 Å².